The molecular formula is C27H34N4O3. The predicted octanol–water partition coefficient (Wildman–Crippen LogP) is 3.75. The zero-order valence-corrected chi connectivity index (χ0v) is 19.7. The first kappa shape index (κ1) is 20.9. The van der Waals surface area contributed by atoms with Crippen LogP contribution in [0, 0.1) is 23.2 Å². The van der Waals surface area contributed by atoms with Crippen molar-refractivity contribution in [3.05, 3.63) is 41.3 Å². The van der Waals surface area contributed by atoms with Crippen LogP contribution >= 0.6 is 0 Å². The van der Waals surface area contributed by atoms with E-state index in [2.05, 4.69) is 26.3 Å². The molecule has 0 radical (unpaired) electrons. The Bertz CT molecular complexity index is 1050. The number of nitrogens with one attached hydrogen (secondary N) is 1. The van der Waals surface area contributed by atoms with E-state index in [1.54, 1.807) is 6.33 Å². The van der Waals surface area contributed by atoms with Crippen LogP contribution in [0.15, 0.2) is 24.5 Å². The highest BCUT2D eigenvalue weighted by molar-refractivity contribution is 5.49. The Morgan fingerprint density at radius 2 is 1.88 bits per heavy atom. The molecule has 6 aliphatic rings. The number of fused-ring (bicyclic) bond motifs is 2. The van der Waals surface area contributed by atoms with Crippen LogP contribution in [0.5, 0.6) is 11.5 Å². The summed E-state index contributed by atoms with van der Waals surface area (Å²) in [6.07, 6.45) is 10.1. The standard InChI is InChI=1S/C27H34N4O3/c32-24(27-9-17-6-18(10-27)8-19(7-17)11-27)12-28-26-21-4-5-31(14-22(21)29-15-30-26)13-20-2-1-3-23-25(20)34-16-33-23/h1-3,15,17-19,24,32H,4-14,16H2,(H,28,29,30). The Hall–Kier alpha value is -2.38. The molecule has 2 aliphatic heterocycles. The lowest BCUT2D eigenvalue weighted by atomic mass is 9.48. The van der Waals surface area contributed by atoms with Crippen molar-refractivity contribution < 1.29 is 14.6 Å². The van der Waals surface area contributed by atoms with Gasteiger partial charge in [0, 0.05) is 37.3 Å². The first-order chi connectivity index (χ1) is 16.6. The van der Waals surface area contributed by atoms with Gasteiger partial charge < -0.3 is 19.9 Å². The van der Waals surface area contributed by atoms with Crippen LogP contribution in [0.1, 0.15) is 55.3 Å². The maximum Gasteiger partial charge on any atom is 0.231 e. The Morgan fingerprint density at radius 3 is 2.68 bits per heavy atom. The summed E-state index contributed by atoms with van der Waals surface area (Å²) in [5.41, 5.74) is 3.57. The third-order valence-corrected chi connectivity index (χ3v) is 9.21. The van der Waals surface area contributed by atoms with Gasteiger partial charge in [-0.05, 0) is 74.2 Å². The lowest BCUT2D eigenvalue weighted by Gasteiger charge is -2.58. The van der Waals surface area contributed by atoms with E-state index < -0.39 is 0 Å². The zero-order chi connectivity index (χ0) is 22.7. The fraction of sp³-hybridized carbons (Fsp3) is 0.630. The highest BCUT2D eigenvalue weighted by Gasteiger charge is 2.53. The van der Waals surface area contributed by atoms with Crippen molar-refractivity contribution in [2.24, 2.45) is 23.2 Å². The minimum atomic E-state index is -0.297. The fourth-order valence-electron chi connectivity index (χ4n) is 8.05. The second-order valence-electron chi connectivity index (χ2n) is 11.4. The number of rotatable bonds is 6. The molecule has 4 fully saturated rings. The second kappa shape index (κ2) is 8.09. The van der Waals surface area contributed by atoms with E-state index in [0.717, 1.165) is 72.4 Å². The molecule has 3 heterocycles. The molecule has 4 saturated carbocycles. The van der Waals surface area contributed by atoms with Gasteiger partial charge in [-0.1, -0.05) is 12.1 Å². The summed E-state index contributed by atoms with van der Waals surface area (Å²) >= 11 is 0. The summed E-state index contributed by atoms with van der Waals surface area (Å²) < 4.78 is 11.2. The van der Waals surface area contributed by atoms with E-state index in [-0.39, 0.29) is 11.5 Å². The average molecular weight is 463 g/mol. The molecule has 7 nitrogen and oxygen atoms in total. The first-order valence-electron chi connectivity index (χ1n) is 13.0. The number of hydrogen-bond donors (Lipinski definition) is 2. The van der Waals surface area contributed by atoms with Gasteiger partial charge in [0.15, 0.2) is 11.5 Å². The van der Waals surface area contributed by atoms with Crippen LogP contribution in [0.3, 0.4) is 0 Å². The predicted molar refractivity (Wildman–Crippen MR) is 128 cm³/mol. The molecule has 1 atom stereocenters. The second-order valence-corrected chi connectivity index (χ2v) is 11.4. The number of anilines is 1. The monoisotopic (exact) mass is 462 g/mol. The van der Waals surface area contributed by atoms with Gasteiger partial charge in [0.2, 0.25) is 6.79 Å². The summed E-state index contributed by atoms with van der Waals surface area (Å²) in [6, 6.07) is 6.10. The van der Waals surface area contributed by atoms with Crippen LogP contribution in [-0.2, 0) is 19.5 Å². The van der Waals surface area contributed by atoms with Gasteiger partial charge in [0.1, 0.15) is 12.1 Å². The van der Waals surface area contributed by atoms with Crippen LogP contribution < -0.4 is 14.8 Å². The minimum absolute atomic E-state index is 0.132. The van der Waals surface area contributed by atoms with Crippen molar-refractivity contribution in [3.8, 4) is 11.5 Å². The van der Waals surface area contributed by atoms with E-state index >= 15 is 0 Å². The van der Waals surface area contributed by atoms with Gasteiger partial charge in [-0.15, -0.1) is 0 Å². The van der Waals surface area contributed by atoms with E-state index in [0.29, 0.717) is 13.3 Å². The highest BCUT2D eigenvalue weighted by Crippen LogP contribution is 2.61. The van der Waals surface area contributed by atoms with Gasteiger partial charge in [-0.3, -0.25) is 4.90 Å². The summed E-state index contributed by atoms with van der Waals surface area (Å²) in [7, 11) is 0. The molecule has 1 aromatic carbocycles. The summed E-state index contributed by atoms with van der Waals surface area (Å²) in [4.78, 5) is 11.6. The zero-order valence-electron chi connectivity index (χ0n) is 19.7. The highest BCUT2D eigenvalue weighted by atomic mass is 16.7. The number of aromatic nitrogens is 2. The SMILES string of the molecule is OC(CNc1ncnc2c1CCN(Cc1cccc3c1OCO3)C2)C12CC3CC(CC(C3)C1)C2. The maximum absolute atomic E-state index is 11.3. The molecule has 4 aliphatic carbocycles. The number of ether oxygens (including phenoxy) is 2. The molecule has 0 saturated heterocycles. The molecule has 2 N–H and O–H groups in total. The van der Waals surface area contributed by atoms with Gasteiger partial charge >= 0.3 is 0 Å². The van der Waals surface area contributed by atoms with Crippen molar-refractivity contribution in [3.63, 3.8) is 0 Å². The van der Waals surface area contributed by atoms with E-state index in [1.807, 2.05) is 12.1 Å². The van der Waals surface area contributed by atoms with Crippen molar-refractivity contribution in [2.45, 2.75) is 64.1 Å². The summed E-state index contributed by atoms with van der Waals surface area (Å²) in [5, 5.41) is 14.9. The normalized spacial score (nSPS) is 32.0. The van der Waals surface area contributed by atoms with Crippen LogP contribution in [-0.4, -0.2) is 46.0 Å². The first-order valence-corrected chi connectivity index (χ1v) is 13.0. The van der Waals surface area contributed by atoms with Gasteiger partial charge in [-0.2, -0.15) is 0 Å². The molecule has 7 heteroatoms. The molecule has 34 heavy (non-hydrogen) atoms. The molecule has 0 spiro atoms. The molecular weight excluding hydrogens is 428 g/mol. The fourth-order valence-corrected chi connectivity index (χ4v) is 8.05. The minimum Gasteiger partial charge on any atom is -0.454 e. The third kappa shape index (κ3) is 3.55. The number of benzene rings is 1. The molecule has 1 aromatic heterocycles. The number of hydrogen-bond acceptors (Lipinski definition) is 7. The summed E-state index contributed by atoms with van der Waals surface area (Å²) in [5.74, 6) is 5.16. The van der Waals surface area contributed by atoms with Crippen molar-refractivity contribution in [1.82, 2.24) is 14.9 Å². The molecule has 1 unspecified atom stereocenters. The molecule has 8 rings (SSSR count). The smallest absolute Gasteiger partial charge is 0.231 e. The van der Waals surface area contributed by atoms with Crippen LogP contribution in [0.4, 0.5) is 5.82 Å². The van der Waals surface area contributed by atoms with Crippen LogP contribution in [0.25, 0.3) is 0 Å². The Kier molecular flexibility index (Phi) is 4.99. The Labute approximate surface area is 200 Å². The van der Waals surface area contributed by atoms with Crippen molar-refractivity contribution in [1.29, 1.82) is 0 Å². The van der Waals surface area contributed by atoms with Crippen molar-refractivity contribution >= 4 is 5.82 Å². The third-order valence-electron chi connectivity index (χ3n) is 9.21. The van der Waals surface area contributed by atoms with Crippen molar-refractivity contribution in [2.75, 3.05) is 25.2 Å². The lowest BCUT2D eigenvalue weighted by molar-refractivity contribution is -0.115. The Balaban J connectivity index is 1.03. The molecule has 180 valence electrons. The maximum atomic E-state index is 11.3. The molecule has 2 aromatic rings. The number of nitrogens with zero attached hydrogens (tertiary/aromatic N) is 3. The average Bonchev–Trinajstić information content (AvgIpc) is 3.31. The van der Waals surface area contributed by atoms with Gasteiger partial charge in [0.05, 0.1) is 11.8 Å². The van der Waals surface area contributed by atoms with E-state index in [9.17, 15) is 5.11 Å². The van der Waals surface area contributed by atoms with E-state index in [1.165, 1.54) is 44.1 Å². The lowest BCUT2D eigenvalue weighted by Crippen LogP contribution is -2.53. The van der Waals surface area contributed by atoms with Crippen LogP contribution in [0.2, 0.25) is 0 Å². The number of aliphatic hydroxyl groups is 1. The topological polar surface area (TPSA) is 79.7 Å². The molecule has 0 amide bonds. The van der Waals surface area contributed by atoms with E-state index in [4.69, 9.17) is 9.47 Å². The van der Waals surface area contributed by atoms with Gasteiger partial charge in [-0.25, -0.2) is 9.97 Å². The number of aliphatic hydroxyl groups excluding tert-OH is 1. The number of para-hydroxylation sites is 1. The summed E-state index contributed by atoms with van der Waals surface area (Å²) in [6.45, 7) is 3.43. The quantitative estimate of drug-likeness (QED) is 0.677. The largest absolute Gasteiger partial charge is 0.454 e. The van der Waals surface area contributed by atoms with Gasteiger partial charge in [0.25, 0.3) is 0 Å². The molecule has 4 bridgehead atoms. The Morgan fingerprint density at radius 1 is 1.09 bits per heavy atom.